The van der Waals surface area contributed by atoms with Crippen molar-refractivity contribution in [3.05, 3.63) is 18.0 Å². The summed E-state index contributed by atoms with van der Waals surface area (Å²) in [6, 6.07) is 1.57. The Morgan fingerprint density at radius 2 is 2.07 bits per heavy atom. The van der Waals surface area contributed by atoms with Gasteiger partial charge in [0.15, 0.2) is 5.96 Å². The highest BCUT2D eigenvalue weighted by Gasteiger charge is 2.28. The van der Waals surface area contributed by atoms with Crippen LogP contribution in [0.15, 0.2) is 21.8 Å². The predicted molar refractivity (Wildman–Crippen MR) is 115 cm³/mol. The van der Waals surface area contributed by atoms with Crippen LogP contribution in [0.5, 0.6) is 0 Å². The van der Waals surface area contributed by atoms with Crippen molar-refractivity contribution >= 4 is 40.0 Å². The molecule has 9 nitrogen and oxygen atoms in total. The Labute approximate surface area is 178 Å². The van der Waals surface area contributed by atoms with Crippen LogP contribution < -0.4 is 5.32 Å². The molecule has 0 unspecified atom stereocenters. The van der Waals surface area contributed by atoms with Crippen molar-refractivity contribution in [1.29, 1.82) is 0 Å². The molecule has 0 aromatic carbocycles. The van der Waals surface area contributed by atoms with Crippen LogP contribution in [0.3, 0.4) is 0 Å². The third-order valence-corrected chi connectivity index (χ3v) is 5.95. The van der Waals surface area contributed by atoms with Crippen molar-refractivity contribution in [2.45, 2.75) is 25.5 Å². The highest BCUT2D eigenvalue weighted by molar-refractivity contribution is 14.0. The standard InChI is InChI=1S/C16H29N5O4S.HI/c1-3-4-11-24-13-6-18-16(17-2)20-7-9-21(10-8-20)26(22,23)14-15-5-12-25-19-15;/h5,12H,3-4,6-11,13-14H2,1-2H3,(H,17,18);1H. The lowest BCUT2D eigenvalue weighted by atomic mass is 10.4. The quantitative estimate of drug-likeness (QED) is 0.228. The van der Waals surface area contributed by atoms with Gasteiger partial charge in [0.05, 0.1) is 12.3 Å². The van der Waals surface area contributed by atoms with Crippen LogP contribution in [-0.2, 0) is 20.5 Å². The molecule has 0 bridgehead atoms. The molecule has 0 radical (unpaired) electrons. The summed E-state index contributed by atoms with van der Waals surface area (Å²) in [5.41, 5.74) is 0.424. The summed E-state index contributed by atoms with van der Waals surface area (Å²) in [6.07, 6.45) is 3.57. The molecule has 1 fully saturated rings. The summed E-state index contributed by atoms with van der Waals surface area (Å²) in [7, 11) is -1.66. The van der Waals surface area contributed by atoms with Gasteiger partial charge in [0.1, 0.15) is 12.0 Å². The second kappa shape index (κ2) is 12.5. The number of halogens is 1. The largest absolute Gasteiger partial charge is 0.380 e. The summed E-state index contributed by atoms with van der Waals surface area (Å²) in [6.45, 7) is 6.25. The fraction of sp³-hybridized carbons (Fsp3) is 0.750. The maximum absolute atomic E-state index is 12.5. The monoisotopic (exact) mass is 515 g/mol. The number of nitrogens with one attached hydrogen (secondary N) is 1. The van der Waals surface area contributed by atoms with Crippen molar-refractivity contribution in [3.63, 3.8) is 0 Å². The zero-order valence-corrected chi connectivity index (χ0v) is 19.1. The lowest BCUT2D eigenvalue weighted by Gasteiger charge is -2.35. The fourth-order valence-electron chi connectivity index (χ4n) is 2.68. The molecule has 27 heavy (non-hydrogen) atoms. The third kappa shape index (κ3) is 7.92. The van der Waals surface area contributed by atoms with Crippen LogP contribution in [0, 0.1) is 0 Å². The van der Waals surface area contributed by atoms with Crippen LogP contribution in [-0.4, -0.2) is 81.7 Å². The number of guanidine groups is 1. The van der Waals surface area contributed by atoms with E-state index in [0.717, 1.165) is 25.4 Å². The highest BCUT2D eigenvalue weighted by Crippen LogP contribution is 2.12. The molecule has 2 rings (SSSR count). The topological polar surface area (TPSA) is 100 Å². The fourth-order valence-corrected chi connectivity index (χ4v) is 4.11. The van der Waals surface area contributed by atoms with E-state index in [2.05, 4.69) is 27.3 Å². The summed E-state index contributed by atoms with van der Waals surface area (Å²) in [5, 5.41) is 6.95. The number of hydrogen-bond donors (Lipinski definition) is 1. The average Bonchev–Trinajstić information content (AvgIpc) is 3.14. The molecule has 1 saturated heterocycles. The first-order valence-electron chi connectivity index (χ1n) is 8.97. The smallest absolute Gasteiger partial charge is 0.220 e. The van der Waals surface area contributed by atoms with E-state index in [-0.39, 0.29) is 29.7 Å². The zero-order valence-electron chi connectivity index (χ0n) is 16.0. The number of aromatic nitrogens is 1. The van der Waals surface area contributed by atoms with Gasteiger partial charge in [-0.05, 0) is 6.42 Å². The van der Waals surface area contributed by atoms with Crippen LogP contribution in [0.2, 0.25) is 0 Å². The van der Waals surface area contributed by atoms with Crippen LogP contribution in [0.4, 0.5) is 0 Å². The maximum Gasteiger partial charge on any atom is 0.220 e. The third-order valence-electron chi connectivity index (χ3n) is 4.14. The van der Waals surface area contributed by atoms with Gasteiger partial charge in [0, 0.05) is 52.4 Å². The van der Waals surface area contributed by atoms with E-state index >= 15 is 0 Å². The number of rotatable bonds is 9. The van der Waals surface area contributed by atoms with Crippen molar-refractivity contribution < 1.29 is 17.7 Å². The Morgan fingerprint density at radius 1 is 1.33 bits per heavy atom. The molecule has 1 aliphatic heterocycles. The normalized spacial score (nSPS) is 16.2. The lowest BCUT2D eigenvalue weighted by Crippen LogP contribution is -2.54. The molecule has 11 heteroatoms. The highest BCUT2D eigenvalue weighted by atomic mass is 127. The number of aliphatic imine (C=N–C) groups is 1. The molecule has 0 spiro atoms. The minimum Gasteiger partial charge on any atom is -0.380 e. The van der Waals surface area contributed by atoms with E-state index in [1.807, 2.05) is 0 Å². The van der Waals surface area contributed by atoms with Gasteiger partial charge in [-0.1, -0.05) is 18.5 Å². The summed E-state index contributed by atoms with van der Waals surface area (Å²) >= 11 is 0. The van der Waals surface area contributed by atoms with E-state index in [4.69, 9.17) is 9.26 Å². The SMILES string of the molecule is CCCCOCCNC(=NC)N1CCN(S(=O)(=O)Cc2ccon2)CC1.I. The number of sulfonamides is 1. The van der Waals surface area contributed by atoms with E-state index in [1.54, 1.807) is 13.1 Å². The van der Waals surface area contributed by atoms with Gasteiger partial charge in [-0.25, -0.2) is 8.42 Å². The van der Waals surface area contributed by atoms with Crippen LogP contribution in [0.1, 0.15) is 25.5 Å². The van der Waals surface area contributed by atoms with Gasteiger partial charge in [-0.2, -0.15) is 4.31 Å². The molecule has 1 aromatic rings. The molecular weight excluding hydrogens is 485 g/mol. The van der Waals surface area contributed by atoms with E-state index in [9.17, 15) is 8.42 Å². The molecule has 0 amide bonds. The minimum absolute atomic E-state index is 0. The number of ether oxygens (including phenoxy) is 1. The minimum atomic E-state index is -3.39. The Kier molecular flexibility index (Phi) is 11.2. The summed E-state index contributed by atoms with van der Waals surface area (Å²) in [4.78, 5) is 6.34. The van der Waals surface area contributed by atoms with Gasteiger partial charge < -0.3 is 19.5 Å². The average molecular weight is 515 g/mol. The van der Waals surface area contributed by atoms with E-state index in [1.165, 1.54) is 10.6 Å². The van der Waals surface area contributed by atoms with E-state index < -0.39 is 10.0 Å². The number of unbranched alkanes of at least 4 members (excludes halogenated alkanes) is 1. The Bertz CT molecular complexity index is 646. The van der Waals surface area contributed by atoms with Gasteiger partial charge >= 0.3 is 0 Å². The summed E-state index contributed by atoms with van der Waals surface area (Å²) < 4.78 is 36.7. The maximum atomic E-state index is 12.5. The molecule has 1 aliphatic rings. The van der Waals surface area contributed by atoms with Crippen molar-refractivity contribution in [2.75, 3.05) is 53.0 Å². The lowest BCUT2D eigenvalue weighted by molar-refractivity contribution is 0.135. The van der Waals surface area contributed by atoms with Crippen LogP contribution in [0.25, 0.3) is 0 Å². The molecule has 0 atom stereocenters. The molecule has 0 aliphatic carbocycles. The van der Waals surface area contributed by atoms with E-state index in [0.29, 0.717) is 45.0 Å². The second-order valence-corrected chi connectivity index (χ2v) is 8.04. The predicted octanol–water partition coefficient (Wildman–Crippen LogP) is 1.13. The van der Waals surface area contributed by atoms with Crippen molar-refractivity contribution in [2.24, 2.45) is 4.99 Å². The molecule has 1 N–H and O–H groups in total. The molecule has 156 valence electrons. The second-order valence-electron chi connectivity index (χ2n) is 6.07. The number of hydrogen-bond acceptors (Lipinski definition) is 6. The Hall–Kier alpha value is -0.920. The first-order chi connectivity index (χ1) is 12.6. The summed E-state index contributed by atoms with van der Waals surface area (Å²) in [5.74, 6) is 0.642. The Balaban J connectivity index is 0.00000364. The first kappa shape index (κ1) is 24.1. The zero-order chi connectivity index (χ0) is 18.8. The van der Waals surface area contributed by atoms with Gasteiger partial charge in [-0.15, -0.1) is 24.0 Å². The number of nitrogens with zero attached hydrogens (tertiary/aromatic N) is 4. The van der Waals surface area contributed by atoms with Crippen LogP contribution >= 0.6 is 24.0 Å². The first-order valence-corrected chi connectivity index (χ1v) is 10.6. The van der Waals surface area contributed by atoms with Crippen molar-refractivity contribution in [3.8, 4) is 0 Å². The van der Waals surface area contributed by atoms with Gasteiger partial charge in [0.25, 0.3) is 0 Å². The molecule has 0 saturated carbocycles. The molecular formula is C16H30IN5O4S. The van der Waals surface area contributed by atoms with Gasteiger partial charge in [0.2, 0.25) is 10.0 Å². The van der Waals surface area contributed by atoms with Crippen molar-refractivity contribution in [1.82, 2.24) is 19.7 Å². The number of piperazine rings is 1. The van der Waals surface area contributed by atoms with Gasteiger partial charge in [-0.3, -0.25) is 4.99 Å². The Morgan fingerprint density at radius 3 is 2.67 bits per heavy atom. The molecule has 2 heterocycles. The molecule has 1 aromatic heterocycles.